The molecule has 0 radical (unpaired) electrons. The van der Waals surface area contributed by atoms with E-state index in [4.69, 9.17) is 11.0 Å². The molecule has 6 heteroatoms. The number of rotatable bonds is 4. The second-order valence-corrected chi connectivity index (χ2v) is 5.53. The van der Waals surface area contributed by atoms with Crippen molar-refractivity contribution in [1.29, 1.82) is 5.26 Å². The molecule has 1 aromatic carbocycles. The molecule has 0 aliphatic rings. The van der Waals surface area contributed by atoms with Crippen molar-refractivity contribution >= 4 is 10.0 Å². The van der Waals surface area contributed by atoms with Gasteiger partial charge < -0.3 is 5.73 Å². The fourth-order valence-electron chi connectivity index (χ4n) is 1.40. The van der Waals surface area contributed by atoms with E-state index in [-0.39, 0.29) is 17.5 Å². The Bertz CT molecular complexity index is 546. The summed E-state index contributed by atoms with van der Waals surface area (Å²) in [6.45, 7) is 3.58. The van der Waals surface area contributed by atoms with Crippen molar-refractivity contribution in [3.63, 3.8) is 0 Å². The van der Waals surface area contributed by atoms with Gasteiger partial charge in [-0.2, -0.15) is 5.26 Å². The van der Waals surface area contributed by atoms with Gasteiger partial charge in [-0.3, -0.25) is 0 Å². The molecule has 0 unspecified atom stereocenters. The first-order chi connectivity index (χ1) is 7.90. The summed E-state index contributed by atoms with van der Waals surface area (Å²) in [5.41, 5.74) is 6.35. The maximum atomic E-state index is 12.0. The van der Waals surface area contributed by atoms with Crippen LogP contribution in [-0.4, -0.2) is 21.0 Å². The van der Waals surface area contributed by atoms with Gasteiger partial charge in [0, 0.05) is 12.6 Å². The Morgan fingerprint density at radius 1 is 1.53 bits per heavy atom. The van der Waals surface area contributed by atoms with Gasteiger partial charge in [0.25, 0.3) is 0 Å². The van der Waals surface area contributed by atoms with Crippen molar-refractivity contribution in [3.05, 3.63) is 29.3 Å². The molecule has 3 N–H and O–H groups in total. The minimum Gasteiger partial charge on any atom is -0.329 e. The van der Waals surface area contributed by atoms with Crippen LogP contribution >= 0.6 is 0 Å². The first-order valence-electron chi connectivity index (χ1n) is 5.14. The number of aryl methyl sites for hydroxylation is 1. The Morgan fingerprint density at radius 2 is 2.18 bits per heavy atom. The maximum absolute atomic E-state index is 12.0. The van der Waals surface area contributed by atoms with Crippen LogP contribution in [0.25, 0.3) is 0 Å². The molecular weight excluding hydrogens is 238 g/mol. The number of sulfonamides is 1. The molecule has 17 heavy (non-hydrogen) atoms. The molecule has 5 nitrogen and oxygen atoms in total. The molecule has 92 valence electrons. The maximum Gasteiger partial charge on any atom is 0.241 e. The van der Waals surface area contributed by atoms with Crippen LogP contribution in [0.4, 0.5) is 0 Å². The number of nitrogens with zero attached hydrogens (tertiary/aromatic N) is 1. The molecule has 0 saturated heterocycles. The number of benzene rings is 1. The highest BCUT2D eigenvalue weighted by molar-refractivity contribution is 7.89. The topological polar surface area (TPSA) is 96.0 Å². The van der Waals surface area contributed by atoms with Crippen molar-refractivity contribution in [2.24, 2.45) is 5.73 Å². The average Bonchev–Trinajstić information content (AvgIpc) is 2.27. The Labute approximate surface area is 101 Å². The standard InChI is InChI=1S/C11H15N3O2S/c1-8-5-10(7-13)3-4-11(8)17(15,16)14-9(2)6-12/h3-5,9,14H,6,12H2,1-2H3/t9-/m0/s1. The molecule has 0 spiro atoms. The lowest BCUT2D eigenvalue weighted by Crippen LogP contribution is -2.38. The first kappa shape index (κ1) is 13.6. The van der Waals surface area contributed by atoms with E-state index in [1.165, 1.54) is 12.1 Å². The molecular formula is C11H15N3O2S. The average molecular weight is 253 g/mol. The first-order valence-corrected chi connectivity index (χ1v) is 6.62. The molecule has 0 aromatic heterocycles. The summed E-state index contributed by atoms with van der Waals surface area (Å²) in [5, 5.41) is 8.71. The highest BCUT2D eigenvalue weighted by Gasteiger charge is 2.18. The van der Waals surface area contributed by atoms with E-state index in [1.807, 2.05) is 6.07 Å². The van der Waals surface area contributed by atoms with Crippen LogP contribution in [0.15, 0.2) is 23.1 Å². The molecule has 0 aliphatic heterocycles. The van der Waals surface area contributed by atoms with Gasteiger partial charge in [0.1, 0.15) is 0 Å². The van der Waals surface area contributed by atoms with Gasteiger partial charge in [0.2, 0.25) is 10.0 Å². The third kappa shape index (κ3) is 3.27. The Morgan fingerprint density at radius 3 is 2.65 bits per heavy atom. The number of nitrogens with one attached hydrogen (secondary N) is 1. The highest BCUT2D eigenvalue weighted by Crippen LogP contribution is 2.16. The zero-order valence-corrected chi connectivity index (χ0v) is 10.6. The van der Waals surface area contributed by atoms with Crippen molar-refractivity contribution in [2.75, 3.05) is 6.54 Å². The van der Waals surface area contributed by atoms with Gasteiger partial charge in [-0.1, -0.05) is 0 Å². The van der Waals surface area contributed by atoms with Crippen LogP contribution in [0, 0.1) is 18.3 Å². The second kappa shape index (κ2) is 5.27. The fraction of sp³-hybridized carbons (Fsp3) is 0.364. The smallest absolute Gasteiger partial charge is 0.241 e. The van der Waals surface area contributed by atoms with Crippen LogP contribution < -0.4 is 10.5 Å². The number of hydrogen-bond acceptors (Lipinski definition) is 4. The predicted molar refractivity (Wildman–Crippen MR) is 64.7 cm³/mol. The molecule has 1 aromatic rings. The van der Waals surface area contributed by atoms with Crippen molar-refractivity contribution in [3.8, 4) is 6.07 Å². The zero-order chi connectivity index (χ0) is 13.1. The zero-order valence-electron chi connectivity index (χ0n) is 9.77. The lowest BCUT2D eigenvalue weighted by atomic mass is 10.2. The number of nitriles is 1. The van der Waals surface area contributed by atoms with Gasteiger partial charge in [0.15, 0.2) is 0 Å². The minimum atomic E-state index is -3.57. The summed E-state index contributed by atoms with van der Waals surface area (Å²) in [5.74, 6) is 0. The lowest BCUT2D eigenvalue weighted by Gasteiger charge is -2.13. The minimum absolute atomic E-state index is 0.178. The summed E-state index contributed by atoms with van der Waals surface area (Å²) < 4.78 is 26.4. The van der Waals surface area contributed by atoms with Crippen molar-refractivity contribution < 1.29 is 8.42 Å². The lowest BCUT2D eigenvalue weighted by molar-refractivity contribution is 0.562. The largest absolute Gasteiger partial charge is 0.329 e. The molecule has 0 saturated carbocycles. The summed E-state index contributed by atoms with van der Waals surface area (Å²) in [6.07, 6.45) is 0. The third-order valence-electron chi connectivity index (χ3n) is 2.30. The Balaban J connectivity index is 3.13. The molecule has 0 aliphatic carbocycles. The highest BCUT2D eigenvalue weighted by atomic mass is 32.2. The number of nitrogens with two attached hydrogens (primary N) is 1. The molecule has 1 rings (SSSR count). The van der Waals surface area contributed by atoms with Gasteiger partial charge in [0.05, 0.1) is 16.5 Å². The summed E-state index contributed by atoms with van der Waals surface area (Å²) >= 11 is 0. The van der Waals surface area contributed by atoms with Crippen LogP contribution in [0.2, 0.25) is 0 Å². The van der Waals surface area contributed by atoms with Gasteiger partial charge in [-0.15, -0.1) is 0 Å². The van der Waals surface area contributed by atoms with Crippen LogP contribution in [0.3, 0.4) is 0 Å². The van der Waals surface area contributed by atoms with Crippen molar-refractivity contribution in [2.45, 2.75) is 24.8 Å². The monoisotopic (exact) mass is 253 g/mol. The van der Waals surface area contributed by atoms with Crippen LogP contribution in [-0.2, 0) is 10.0 Å². The van der Waals surface area contributed by atoms with E-state index in [1.54, 1.807) is 19.9 Å². The third-order valence-corrected chi connectivity index (χ3v) is 4.05. The molecule has 0 amide bonds. The van der Waals surface area contributed by atoms with E-state index < -0.39 is 10.0 Å². The second-order valence-electron chi connectivity index (χ2n) is 3.85. The quantitative estimate of drug-likeness (QED) is 0.816. The Hall–Kier alpha value is -1.42. The SMILES string of the molecule is Cc1cc(C#N)ccc1S(=O)(=O)N[C@@H](C)CN. The summed E-state index contributed by atoms with van der Waals surface area (Å²) in [6, 6.07) is 6.09. The van der Waals surface area contributed by atoms with E-state index in [0.29, 0.717) is 11.1 Å². The molecule has 0 heterocycles. The number of hydrogen-bond donors (Lipinski definition) is 2. The van der Waals surface area contributed by atoms with E-state index >= 15 is 0 Å². The molecule has 1 atom stereocenters. The molecule has 0 fully saturated rings. The van der Waals surface area contributed by atoms with E-state index in [2.05, 4.69) is 4.72 Å². The van der Waals surface area contributed by atoms with Crippen molar-refractivity contribution in [1.82, 2.24) is 4.72 Å². The van der Waals surface area contributed by atoms with Gasteiger partial charge in [-0.25, -0.2) is 13.1 Å². The molecule has 0 bridgehead atoms. The van der Waals surface area contributed by atoms with Gasteiger partial charge >= 0.3 is 0 Å². The van der Waals surface area contributed by atoms with Crippen LogP contribution in [0.1, 0.15) is 18.1 Å². The van der Waals surface area contributed by atoms with E-state index in [9.17, 15) is 8.42 Å². The Kier molecular flexibility index (Phi) is 4.23. The van der Waals surface area contributed by atoms with Gasteiger partial charge in [-0.05, 0) is 37.6 Å². The summed E-state index contributed by atoms with van der Waals surface area (Å²) in [4.78, 5) is 0.178. The predicted octanol–water partition coefficient (Wildman–Crippen LogP) is 0.492. The summed E-state index contributed by atoms with van der Waals surface area (Å²) in [7, 11) is -3.57. The van der Waals surface area contributed by atoms with Crippen LogP contribution in [0.5, 0.6) is 0 Å². The normalized spacial score (nSPS) is 13.1. The van der Waals surface area contributed by atoms with E-state index in [0.717, 1.165) is 0 Å². The fourth-order valence-corrected chi connectivity index (χ4v) is 2.88.